The summed E-state index contributed by atoms with van der Waals surface area (Å²) in [6, 6.07) is 8.10. The molecule has 1 fully saturated rings. The summed E-state index contributed by atoms with van der Waals surface area (Å²) >= 11 is 0. The van der Waals surface area contributed by atoms with E-state index in [4.69, 9.17) is 10.5 Å². The van der Waals surface area contributed by atoms with Crippen LogP contribution in [-0.2, 0) is 16.1 Å². The maximum absolute atomic E-state index is 12.5. The molecule has 0 radical (unpaired) electrons. The molecule has 1 saturated heterocycles. The summed E-state index contributed by atoms with van der Waals surface area (Å²) < 4.78 is 5.28. The monoisotopic (exact) mass is 298 g/mol. The Morgan fingerprint density at radius 2 is 1.95 bits per heavy atom. The van der Waals surface area contributed by atoms with Gasteiger partial charge in [-0.15, -0.1) is 12.4 Å². The highest BCUT2D eigenvalue weighted by molar-refractivity contribution is 5.86. The largest absolute Gasteiger partial charge is 0.381 e. The molecule has 2 rings (SSSR count). The molecule has 20 heavy (non-hydrogen) atoms. The fourth-order valence-corrected chi connectivity index (χ4v) is 2.44. The number of benzene rings is 1. The molecule has 1 amide bonds. The first-order valence-electron chi connectivity index (χ1n) is 6.70. The molecule has 0 unspecified atom stereocenters. The Balaban J connectivity index is 0.00000200. The van der Waals surface area contributed by atoms with Crippen molar-refractivity contribution in [1.82, 2.24) is 4.90 Å². The maximum atomic E-state index is 12.5. The van der Waals surface area contributed by atoms with Crippen molar-refractivity contribution in [2.75, 3.05) is 20.3 Å². The number of nitrogens with zero attached hydrogens (tertiary/aromatic N) is 1. The number of ether oxygens (including phenoxy) is 1. The van der Waals surface area contributed by atoms with Gasteiger partial charge in [-0.2, -0.15) is 0 Å². The van der Waals surface area contributed by atoms with E-state index in [1.54, 1.807) is 4.90 Å². The van der Waals surface area contributed by atoms with Gasteiger partial charge in [0.05, 0.1) is 5.54 Å². The molecule has 0 atom stereocenters. The Morgan fingerprint density at radius 3 is 2.55 bits per heavy atom. The van der Waals surface area contributed by atoms with E-state index in [9.17, 15) is 4.79 Å². The summed E-state index contributed by atoms with van der Waals surface area (Å²) in [4.78, 5) is 14.2. The summed E-state index contributed by atoms with van der Waals surface area (Å²) in [6.45, 7) is 3.80. The lowest BCUT2D eigenvalue weighted by atomic mass is 9.89. The van der Waals surface area contributed by atoms with E-state index in [1.165, 1.54) is 5.56 Å². The Bertz CT molecular complexity index is 459. The van der Waals surface area contributed by atoms with Gasteiger partial charge in [0.25, 0.3) is 0 Å². The van der Waals surface area contributed by atoms with Crippen molar-refractivity contribution in [3.05, 3.63) is 35.4 Å². The first-order valence-corrected chi connectivity index (χ1v) is 6.70. The van der Waals surface area contributed by atoms with Crippen LogP contribution >= 0.6 is 12.4 Å². The fourth-order valence-electron chi connectivity index (χ4n) is 2.44. The number of aryl methyl sites for hydroxylation is 1. The molecule has 4 nitrogen and oxygen atoms in total. The molecule has 1 heterocycles. The molecule has 1 aliphatic rings. The van der Waals surface area contributed by atoms with E-state index >= 15 is 0 Å². The SMILES string of the molecule is Cc1ccccc1CN(C)C(=O)C1(N)CCOCC1.Cl. The lowest BCUT2D eigenvalue weighted by Gasteiger charge is -2.35. The van der Waals surface area contributed by atoms with Crippen molar-refractivity contribution >= 4 is 18.3 Å². The average molecular weight is 299 g/mol. The van der Waals surface area contributed by atoms with Gasteiger partial charge in [0.1, 0.15) is 0 Å². The molecule has 0 aliphatic carbocycles. The number of hydrogen-bond acceptors (Lipinski definition) is 3. The summed E-state index contributed by atoms with van der Waals surface area (Å²) in [5.74, 6) is 0.0130. The molecular weight excluding hydrogens is 276 g/mol. The predicted octanol–water partition coefficient (Wildman–Crippen LogP) is 1.88. The summed E-state index contributed by atoms with van der Waals surface area (Å²) in [5, 5.41) is 0. The highest BCUT2D eigenvalue weighted by Crippen LogP contribution is 2.21. The van der Waals surface area contributed by atoms with Crippen LogP contribution in [0.3, 0.4) is 0 Å². The lowest BCUT2D eigenvalue weighted by molar-refractivity contribution is -0.139. The molecule has 0 bridgehead atoms. The summed E-state index contributed by atoms with van der Waals surface area (Å²) in [6.07, 6.45) is 1.20. The zero-order chi connectivity index (χ0) is 13.9. The molecule has 1 aromatic rings. The van der Waals surface area contributed by atoms with E-state index < -0.39 is 5.54 Å². The molecule has 0 saturated carbocycles. The van der Waals surface area contributed by atoms with Gasteiger partial charge in [0, 0.05) is 26.8 Å². The average Bonchev–Trinajstić information content (AvgIpc) is 2.41. The van der Waals surface area contributed by atoms with Crippen LogP contribution in [0.4, 0.5) is 0 Å². The van der Waals surface area contributed by atoms with E-state index in [1.807, 2.05) is 25.2 Å². The lowest BCUT2D eigenvalue weighted by Crippen LogP contribution is -2.57. The second kappa shape index (κ2) is 7.07. The summed E-state index contributed by atoms with van der Waals surface area (Å²) in [7, 11) is 1.82. The van der Waals surface area contributed by atoms with Gasteiger partial charge < -0.3 is 15.4 Å². The fraction of sp³-hybridized carbons (Fsp3) is 0.533. The minimum atomic E-state index is -0.754. The zero-order valence-corrected chi connectivity index (χ0v) is 12.9. The van der Waals surface area contributed by atoms with Crippen LogP contribution in [0.5, 0.6) is 0 Å². The molecule has 0 aromatic heterocycles. The van der Waals surface area contributed by atoms with Crippen molar-refractivity contribution in [2.24, 2.45) is 5.73 Å². The van der Waals surface area contributed by atoms with Gasteiger partial charge in [-0.1, -0.05) is 24.3 Å². The Kier molecular flexibility index (Phi) is 5.99. The van der Waals surface area contributed by atoms with E-state index in [-0.39, 0.29) is 18.3 Å². The first kappa shape index (κ1) is 17.0. The molecule has 2 N–H and O–H groups in total. The predicted molar refractivity (Wildman–Crippen MR) is 81.9 cm³/mol. The minimum absolute atomic E-state index is 0. The van der Waals surface area contributed by atoms with Crippen LogP contribution < -0.4 is 5.73 Å². The molecule has 1 aromatic carbocycles. The Morgan fingerprint density at radius 1 is 1.35 bits per heavy atom. The van der Waals surface area contributed by atoms with Crippen LogP contribution in [-0.4, -0.2) is 36.6 Å². The Hall–Kier alpha value is -1.10. The quantitative estimate of drug-likeness (QED) is 0.927. The van der Waals surface area contributed by atoms with Crippen LogP contribution in [0.25, 0.3) is 0 Å². The van der Waals surface area contributed by atoms with Crippen molar-refractivity contribution in [2.45, 2.75) is 31.8 Å². The number of carbonyl (C=O) groups excluding carboxylic acids is 1. The van der Waals surface area contributed by atoms with Gasteiger partial charge in [-0.05, 0) is 30.9 Å². The van der Waals surface area contributed by atoms with Crippen LogP contribution in [0.1, 0.15) is 24.0 Å². The smallest absolute Gasteiger partial charge is 0.242 e. The van der Waals surface area contributed by atoms with Crippen molar-refractivity contribution in [1.29, 1.82) is 0 Å². The zero-order valence-electron chi connectivity index (χ0n) is 12.1. The molecular formula is C15H23ClN2O2. The minimum Gasteiger partial charge on any atom is -0.381 e. The third-order valence-electron chi connectivity index (χ3n) is 3.83. The maximum Gasteiger partial charge on any atom is 0.242 e. The highest BCUT2D eigenvalue weighted by Gasteiger charge is 2.37. The van der Waals surface area contributed by atoms with Gasteiger partial charge in [0.15, 0.2) is 0 Å². The summed E-state index contributed by atoms with van der Waals surface area (Å²) in [5.41, 5.74) is 7.83. The molecule has 0 spiro atoms. The third-order valence-corrected chi connectivity index (χ3v) is 3.83. The number of nitrogens with two attached hydrogens (primary N) is 1. The molecule has 112 valence electrons. The van der Waals surface area contributed by atoms with E-state index in [0.717, 1.165) is 5.56 Å². The number of halogens is 1. The number of likely N-dealkylation sites (N-methyl/N-ethyl adjacent to an activating group) is 1. The third kappa shape index (κ3) is 3.72. The van der Waals surface area contributed by atoms with Crippen LogP contribution in [0, 0.1) is 6.92 Å². The molecule has 5 heteroatoms. The number of carbonyl (C=O) groups is 1. The van der Waals surface area contributed by atoms with E-state index in [0.29, 0.717) is 32.6 Å². The second-order valence-corrected chi connectivity index (χ2v) is 5.36. The van der Waals surface area contributed by atoms with Crippen molar-refractivity contribution in [3.63, 3.8) is 0 Å². The van der Waals surface area contributed by atoms with Gasteiger partial charge in [-0.3, -0.25) is 4.79 Å². The van der Waals surface area contributed by atoms with Crippen LogP contribution in [0.15, 0.2) is 24.3 Å². The standard InChI is InChI=1S/C15H22N2O2.ClH/c1-12-5-3-4-6-13(12)11-17(2)14(18)15(16)7-9-19-10-8-15;/h3-6H,7-11,16H2,1-2H3;1H. The van der Waals surface area contributed by atoms with Crippen molar-refractivity contribution in [3.8, 4) is 0 Å². The van der Waals surface area contributed by atoms with Gasteiger partial charge in [0.2, 0.25) is 5.91 Å². The normalized spacial score (nSPS) is 17.1. The number of hydrogen-bond donors (Lipinski definition) is 1. The van der Waals surface area contributed by atoms with Crippen LogP contribution in [0.2, 0.25) is 0 Å². The topological polar surface area (TPSA) is 55.6 Å². The van der Waals surface area contributed by atoms with Gasteiger partial charge >= 0.3 is 0 Å². The first-order chi connectivity index (χ1) is 9.03. The number of amides is 1. The van der Waals surface area contributed by atoms with E-state index in [2.05, 4.69) is 13.0 Å². The highest BCUT2D eigenvalue weighted by atomic mass is 35.5. The second-order valence-electron chi connectivity index (χ2n) is 5.36. The Labute approximate surface area is 126 Å². The van der Waals surface area contributed by atoms with Gasteiger partial charge in [-0.25, -0.2) is 0 Å². The van der Waals surface area contributed by atoms with Crippen molar-refractivity contribution < 1.29 is 9.53 Å². The number of rotatable bonds is 3. The molecule has 1 aliphatic heterocycles.